The topological polar surface area (TPSA) is 66.8 Å². The smallest absolute Gasteiger partial charge is 0.417 e. The van der Waals surface area contributed by atoms with Crippen molar-refractivity contribution >= 4 is 20.1 Å². The van der Waals surface area contributed by atoms with Gasteiger partial charge in [-0.25, -0.2) is 9.69 Å². The highest BCUT2D eigenvalue weighted by Gasteiger charge is 2.49. The number of unbranched alkanes of at least 4 members (excludes halogenated alkanes) is 1. The van der Waals surface area contributed by atoms with Crippen LogP contribution in [-0.4, -0.2) is 48.8 Å². The van der Waals surface area contributed by atoms with Crippen molar-refractivity contribution in [1.82, 2.24) is 4.90 Å². The first kappa shape index (κ1) is 23.2. The molecular formula is C23H33NO4Si. The van der Waals surface area contributed by atoms with Crippen molar-refractivity contribution in [3.8, 4) is 11.5 Å². The molecular weight excluding hydrogens is 382 g/mol. The fourth-order valence-corrected chi connectivity index (χ4v) is 3.94. The van der Waals surface area contributed by atoms with Crippen LogP contribution in [0.15, 0.2) is 30.3 Å². The highest BCUT2D eigenvalue weighted by Crippen LogP contribution is 2.34. The molecule has 6 heteroatoms. The molecule has 1 aromatic carbocycles. The minimum atomic E-state index is -1.71. The number of hydrogen-bond donors (Lipinski definition) is 1. The van der Waals surface area contributed by atoms with Crippen LogP contribution in [0.1, 0.15) is 38.7 Å². The Morgan fingerprint density at radius 1 is 1.34 bits per heavy atom. The molecule has 2 amide bonds. The summed E-state index contributed by atoms with van der Waals surface area (Å²) < 4.78 is 5.22. The number of benzene rings is 1. The summed E-state index contributed by atoms with van der Waals surface area (Å²) in [5.74, 6) is 2.53. The first-order valence-corrected chi connectivity index (χ1v) is 13.8. The summed E-state index contributed by atoms with van der Waals surface area (Å²) in [6.07, 6.45) is 0.878. The van der Waals surface area contributed by atoms with Crippen LogP contribution in [0.25, 0.3) is 0 Å². The second-order valence-corrected chi connectivity index (χ2v) is 13.8. The van der Waals surface area contributed by atoms with Crippen molar-refractivity contribution in [2.24, 2.45) is 5.41 Å². The van der Waals surface area contributed by atoms with Crippen LogP contribution < -0.4 is 0 Å². The Morgan fingerprint density at radius 2 is 2.00 bits per heavy atom. The zero-order valence-corrected chi connectivity index (χ0v) is 19.2. The van der Waals surface area contributed by atoms with E-state index in [4.69, 9.17) is 4.74 Å². The lowest BCUT2D eigenvalue weighted by molar-refractivity contribution is -0.144. The second kappa shape index (κ2) is 9.60. The fourth-order valence-electron chi connectivity index (χ4n) is 3.37. The number of hydrogen-bond acceptors (Lipinski definition) is 4. The van der Waals surface area contributed by atoms with Gasteiger partial charge >= 0.3 is 6.09 Å². The first-order valence-electron chi connectivity index (χ1n) is 10.3. The molecule has 1 aliphatic heterocycles. The number of nitrogens with zero attached hydrogens (tertiary/aromatic N) is 1. The van der Waals surface area contributed by atoms with Gasteiger partial charge in [0.2, 0.25) is 5.91 Å². The predicted molar refractivity (Wildman–Crippen MR) is 117 cm³/mol. The zero-order valence-electron chi connectivity index (χ0n) is 18.2. The lowest BCUT2D eigenvalue weighted by Crippen LogP contribution is -2.52. The van der Waals surface area contributed by atoms with E-state index in [0.717, 1.165) is 18.4 Å². The number of cyclic esters (lactones) is 1. The molecule has 0 spiro atoms. The van der Waals surface area contributed by atoms with Crippen molar-refractivity contribution in [2.45, 2.75) is 71.3 Å². The molecule has 1 saturated heterocycles. The summed E-state index contributed by atoms with van der Waals surface area (Å²) in [5, 5.41) is 10.9. The van der Waals surface area contributed by atoms with E-state index in [9.17, 15) is 14.7 Å². The van der Waals surface area contributed by atoms with Gasteiger partial charge in [-0.05, 0) is 25.3 Å². The van der Waals surface area contributed by atoms with Crippen LogP contribution in [0.5, 0.6) is 0 Å². The Balaban J connectivity index is 2.31. The van der Waals surface area contributed by atoms with Gasteiger partial charge in [0.05, 0.1) is 11.5 Å². The highest BCUT2D eigenvalue weighted by molar-refractivity contribution is 6.83. The van der Waals surface area contributed by atoms with Gasteiger partial charge < -0.3 is 9.84 Å². The number of rotatable bonds is 7. The van der Waals surface area contributed by atoms with Crippen molar-refractivity contribution in [1.29, 1.82) is 0 Å². The van der Waals surface area contributed by atoms with Gasteiger partial charge in [0.1, 0.15) is 20.8 Å². The number of imide groups is 1. The highest BCUT2D eigenvalue weighted by atomic mass is 28.3. The molecule has 0 saturated carbocycles. The Bertz CT molecular complexity index is 778. The summed E-state index contributed by atoms with van der Waals surface area (Å²) in [6.45, 7) is 10.2. The van der Waals surface area contributed by atoms with Crippen LogP contribution in [-0.2, 0) is 16.0 Å². The molecule has 5 nitrogen and oxygen atoms in total. The van der Waals surface area contributed by atoms with E-state index in [2.05, 4.69) is 31.1 Å². The van der Waals surface area contributed by atoms with Crippen LogP contribution in [0.3, 0.4) is 0 Å². The normalized spacial score (nSPS) is 19.7. The van der Waals surface area contributed by atoms with E-state index >= 15 is 0 Å². The van der Waals surface area contributed by atoms with E-state index in [1.165, 1.54) is 4.90 Å². The molecule has 0 aliphatic carbocycles. The number of aliphatic hydroxyl groups is 1. The Kier molecular flexibility index (Phi) is 7.67. The number of amides is 2. The third-order valence-corrected chi connectivity index (χ3v) is 6.11. The average molecular weight is 416 g/mol. The largest absolute Gasteiger partial charge is 0.447 e. The van der Waals surface area contributed by atoms with Gasteiger partial charge in [0.25, 0.3) is 0 Å². The van der Waals surface area contributed by atoms with Gasteiger partial charge in [-0.1, -0.05) is 75.7 Å². The monoisotopic (exact) mass is 415 g/mol. The van der Waals surface area contributed by atoms with Crippen LogP contribution >= 0.6 is 0 Å². The molecule has 1 aromatic rings. The number of aliphatic hydroxyl groups excluding tert-OH is 1. The van der Waals surface area contributed by atoms with Crippen molar-refractivity contribution in [3.63, 3.8) is 0 Å². The van der Waals surface area contributed by atoms with Crippen LogP contribution in [0.2, 0.25) is 19.6 Å². The van der Waals surface area contributed by atoms with Gasteiger partial charge in [0, 0.05) is 0 Å². The summed E-state index contributed by atoms with van der Waals surface area (Å²) in [7, 11) is -1.71. The zero-order chi connectivity index (χ0) is 21.7. The Hall–Kier alpha value is -2.10. The lowest BCUT2D eigenvalue weighted by atomic mass is 9.78. The maximum atomic E-state index is 13.6. The van der Waals surface area contributed by atoms with E-state index in [1.807, 2.05) is 37.3 Å². The van der Waals surface area contributed by atoms with Crippen molar-refractivity contribution in [2.75, 3.05) is 6.61 Å². The molecule has 1 N–H and O–H groups in total. The third kappa shape index (κ3) is 5.94. The minimum Gasteiger partial charge on any atom is -0.447 e. The second-order valence-electron chi connectivity index (χ2n) is 9.04. The summed E-state index contributed by atoms with van der Waals surface area (Å²) in [4.78, 5) is 27.2. The Morgan fingerprint density at radius 3 is 2.59 bits per heavy atom. The van der Waals surface area contributed by atoms with Crippen LogP contribution in [0.4, 0.5) is 4.79 Å². The van der Waals surface area contributed by atoms with E-state index < -0.39 is 31.6 Å². The van der Waals surface area contributed by atoms with Crippen molar-refractivity contribution in [3.05, 3.63) is 35.9 Å². The van der Waals surface area contributed by atoms with Gasteiger partial charge in [-0.3, -0.25) is 4.79 Å². The minimum absolute atomic E-state index is 0.167. The van der Waals surface area contributed by atoms with Gasteiger partial charge in [-0.2, -0.15) is 0 Å². The maximum absolute atomic E-state index is 13.6. The Labute approximate surface area is 175 Å². The summed E-state index contributed by atoms with van der Waals surface area (Å²) in [6, 6.07) is 9.35. The number of carbonyl (C=O) groups is 2. The molecule has 1 fully saturated rings. The quantitative estimate of drug-likeness (QED) is 0.540. The van der Waals surface area contributed by atoms with Gasteiger partial charge in [0.15, 0.2) is 0 Å². The molecule has 2 rings (SSSR count). The predicted octanol–water partition coefficient (Wildman–Crippen LogP) is 4.01. The van der Waals surface area contributed by atoms with E-state index in [0.29, 0.717) is 12.8 Å². The summed E-state index contributed by atoms with van der Waals surface area (Å²) in [5.41, 5.74) is 3.04. The van der Waals surface area contributed by atoms with Crippen LogP contribution in [0, 0.1) is 16.9 Å². The molecule has 158 valence electrons. The van der Waals surface area contributed by atoms with Crippen molar-refractivity contribution < 1.29 is 19.4 Å². The van der Waals surface area contributed by atoms with E-state index in [-0.39, 0.29) is 12.6 Å². The molecule has 1 aliphatic rings. The SMILES string of the molecule is CCCC[C@](C)(C(=O)N1C(=O)OC[C@@H]1Cc1ccccc1)[C@@H](O)C#C[Si](C)(C)C. The maximum Gasteiger partial charge on any atom is 0.417 e. The standard InChI is InChI=1S/C23H33NO4Si/c1-6-7-14-23(2,20(25)13-15-29(3,4)5)21(26)24-19(17-28-22(24)27)16-18-11-9-8-10-12-18/h8-12,19-20,25H,6-7,14,16-17H2,1-5H3/t19-,20-,23-/m0/s1. The molecule has 0 radical (unpaired) electrons. The van der Waals surface area contributed by atoms with E-state index in [1.54, 1.807) is 6.92 Å². The molecule has 29 heavy (non-hydrogen) atoms. The number of carbonyl (C=O) groups excluding carboxylic acids is 2. The lowest BCUT2D eigenvalue weighted by Gasteiger charge is -2.34. The third-order valence-electron chi connectivity index (χ3n) is 5.22. The average Bonchev–Trinajstić information content (AvgIpc) is 3.03. The molecule has 0 aromatic heterocycles. The molecule has 0 bridgehead atoms. The first-order chi connectivity index (χ1) is 13.6. The molecule has 3 atom stereocenters. The molecule has 0 unspecified atom stereocenters. The number of ether oxygens (including phenoxy) is 1. The summed E-state index contributed by atoms with van der Waals surface area (Å²) >= 11 is 0. The molecule has 1 heterocycles. The fraction of sp³-hybridized carbons (Fsp3) is 0.565. The van der Waals surface area contributed by atoms with Gasteiger partial charge in [-0.15, -0.1) is 5.54 Å².